The first-order valence-electron chi connectivity index (χ1n) is 6.90. The molecule has 0 saturated heterocycles. The zero-order valence-electron chi connectivity index (χ0n) is 12.0. The number of hydrogen-bond donors (Lipinski definition) is 0. The van der Waals surface area contributed by atoms with E-state index in [1.165, 1.54) is 0 Å². The molecule has 0 aromatic heterocycles. The standard InChI is InChI=1S/C18H16ClNO/c1-12-13(2)18(21)20(17(12)19)16-10-8-15(9-11-16)14-6-4-3-5-7-14/h3-11,17H,1-2H3. The number of benzene rings is 2. The first-order chi connectivity index (χ1) is 10.1. The summed E-state index contributed by atoms with van der Waals surface area (Å²) in [6.07, 6.45) is 0. The van der Waals surface area contributed by atoms with Crippen molar-refractivity contribution in [3.05, 3.63) is 65.7 Å². The van der Waals surface area contributed by atoms with Gasteiger partial charge in [-0.3, -0.25) is 9.69 Å². The summed E-state index contributed by atoms with van der Waals surface area (Å²) in [7, 11) is 0. The molecule has 0 N–H and O–H groups in total. The number of halogens is 1. The Morgan fingerprint density at radius 2 is 1.48 bits per heavy atom. The summed E-state index contributed by atoms with van der Waals surface area (Å²) in [6, 6.07) is 18.1. The monoisotopic (exact) mass is 297 g/mol. The van der Waals surface area contributed by atoms with Crippen LogP contribution in [0.1, 0.15) is 13.8 Å². The number of carbonyl (C=O) groups is 1. The lowest BCUT2D eigenvalue weighted by Crippen LogP contribution is -2.31. The van der Waals surface area contributed by atoms with E-state index in [1.54, 1.807) is 4.90 Å². The Morgan fingerprint density at radius 3 is 2.00 bits per heavy atom. The van der Waals surface area contributed by atoms with Gasteiger partial charge < -0.3 is 0 Å². The molecule has 3 rings (SSSR count). The summed E-state index contributed by atoms with van der Waals surface area (Å²) >= 11 is 6.36. The van der Waals surface area contributed by atoms with Crippen molar-refractivity contribution in [3.8, 4) is 11.1 Å². The van der Waals surface area contributed by atoms with Crippen LogP contribution in [-0.2, 0) is 4.79 Å². The maximum absolute atomic E-state index is 12.3. The Kier molecular flexibility index (Phi) is 3.56. The van der Waals surface area contributed by atoms with Crippen LogP contribution in [0.25, 0.3) is 11.1 Å². The van der Waals surface area contributed by atoms with Crippen LogP contribution in [0.3, 0.4) is 0 Å². The van der Waals surface area contributed by atoms with Gasteiger partial charge in [-0.1, -0.05) is 54.1 Å². The van der Waals surface area contributed by atoms with Crippen molar-refractivity contribution in [2.24, 2.45) is 0 Å². The van der Waals surface area contributed by atoms with Gasteiger partial charge in [0, 0.05) is 11.3 Å². The fourth-order valence-corrected chi connectivity index (χ4v) is 2.88. The van der Waals surface area contributed by atoms with Gasteiger partial charge in [0.05, 0.1) is 0 Å². The fraction of sp³-hybridized carbons (Fsp3) is 0.167. The maximum Gasteiger partial charge on any atom is 0.255 e. The Hall–Kier alpha value is -2.06. The van der Waals surface area contributed by atoms with Gasteiger partial charge in [0.15, 0.2) is 0 Å². The lowest BCUT2D eigenvalue weighted by Gasteiger charge is -2.21. The van der Waals surface area contributed by atoms with E-state index in [2.05, 4.69) is 12.1 Å². The molecule has 2 nitrogen and oxygen atoms in total. The lowest BCUT2D eigenvalue weighted by molar-refractivity contribution is -0.114. The second kappa shape index (κ2) is 5.38. The van der Waals surface area contributed by atoms with E-state index in [0.717, 1.165) is 28.0 Å². The Bertz CT molecular complexity index is 704. The van der Waals surface area contributed by atoms with E-state index in [1.807, 2.05) is 56.3 Å². The molecule has 1 aliphatic rings. The Labute approximate surface area is 129 Å². The van der Waals surface area contributed by atoms with E-state index in [0.29, 0.717) is 0 Å². The zero-order chi connectivity index (χ0) is 15.0. The first-order valence-corrected chi connectivity index (χ1v) is 7.33. The zero-order valence-corrected chi connectivity index (χ0v) is 12.8. The number of alkyl halides is 1. The molecule has 1 unspecified atom stereocenters. The number of carbonyl (C=O) groups excluding carboxylic acids is 1. The van der Waals surface area contributed by atoms with Crippen LogP contribution in [0.5, 0.6) is 0 Å². The average Bonchev–Trinajstić information content (AvgIpc) is 2.72. The summed E-state index contributed by atoms with van der Waals surface area (Å²) < 4.78 is 0. The minimum atomic E-state index is -0.389. The Balaban J connectivity index is 1.91. The highest BCUT2D eigenvalue weighted by molar-refractivity contribution is 6.30. The minimum Gasteiger partial charge on any atom is -0.288 e. The normalized spacial score (nSPS) is 18.5. The highest BCUT2D eigenvalue weighted by Gasteiger charge is 2.34. The van der Waals surface area contributed by atoms with E-state index in [-0.39, 0.29) is 11.4 Å². The highest BCUT2D eigenvalue weighted by Crippen LogP contribution is 2.33. The van der Waals surface area contributed by atoms with Gasteiger partial charge in [0.1, 0.15) is 5.50 Å². The van der Waals surface area contributed by atoms with Gasteiger partial charge in [0.2, 0.25) is 0 Å². The van der Waals surface area contributed by atoms with E-state index >= 15 is 0 Å². The highest BCUT2D eigenvalue weighted by atomic mass is 35.5. The van der Waals surface area contributed by atoms with Gasteiger partial charge >= 0.3 is 0 Å². The largest absolute Gasteiger partial charge is 0.288 e. The van der Waals surface area contributed by atoms with E-state index < -0.39 is 0 Å². The topological polar surface area (TPSA) is 20.3 Å². The Morgan fingerprint density at radius 1 is 0.905 bits per heavy atom. The van der Waals surface area contributed by atoms with Crippen molar-refractivity contribution in [1.82, 2.24) is 0 Å². The van der Waals surface area contributed by atoms with Crippen LogP contribution in [0, 0.1) is 0 Å². The van der Waals surface area contributed by atoms with Crippen LogP contribution >= 0.6 is 11.6 Å². The molecule has 0 saturated carbocycles. The first kappa shape index (κ1) is 13.9. The summed E-state index contributed by atoms with van der Waals surface area (Å²) in [5.74, 6) is -0.0139. The molecule has 0 radical (unpaired) electrons. The predicted octanol–water partition coefficient (Wildman–Crippen LogP) is 4.60. The van der Waals surface area contributed by atoms with Crippen molar-refractivity contribution in [2.75, 3.05) is 4.90 Å². The molecule has 1 heterocycles. The van der Waals surface area contributed by atoms with Crippen LogP contribution in [0.4, 0.5) is 5.69 Å². The van der Waals surface area contributed by atoms with Gasteiger partial charge in [-0.2, -0.15) is 0 Å². The summed E-state index contributed by atoms with van der Waals surface area (Å²) in [6.45, 7) is 3.73. The minimum absolute atomic E-state index is 0.0139. The number of nitrogens with zero attached hydrogens (tertiary/aromatic N) is 1. The maximum atomic E-state index is 12.3. The van der Waals surface area contributed by atoms with Gasteiger partial charge in [-0.05, 0) is 42.7 Å². The number of amides is 1. The quantitative estimate of drug-likeness (QED) is 0.586. The van der Waals surface area contributed by atoms with Crippen molar-refractivity contribution >= 4 is 23.2 Å². The number of hydrogen-bond acceptors (Lipinski definition) is 1. The SMILES string of the molecule is CC1=C(C)C(Cl)N(c2ccc(-c3ccccc3)cc2)C1=O. The molecular weight excluding hydrogens is 282 g/mol. The van der Waals surface area contributed by atoms with Crippen LogP contribution in [-0.4, -0.2) is 11.4 Å². The molecule has 3 heteroatoms. The molecule has 21 heavy (non-hydrogen) atoms. The fourth-order valence-electron chi connectivity index (χ4n) is 2.52. The van der Waals surface area contributed by atoms with Crippen LogP contribution in [0.15, 0.2) is 65.7 Å². The van der Waals surface area contributed by atoms with Crippen LogP contribution < -0.4 is 4.90 Å². The van der Waals surface area contributed by atoms with E-state index in [4.69, 9.17) is 11.6 Å². The number of anilines is 1. The molecule has 0 spiro atoms. The molecule has 0 bridgehead atoms. The predicted molar refractivity (Wildman–Crippen MR) is 87.4 cm³/mol. The van der Waals surface area contributed by atoms with Crippen LogP contribution in [0.2, 0.25) is 0 Å². The summed E-state index contributed by atoms with van der Waals surface area (Å²) in [5, 5.41) is 0. The van der Waals surface area contributed by atoms with Gasteiger partial charge in [0.25, 0.3) is 5.91 Å². The van der Waals surface area contributed by atoms with E-state index in [9.17, 15) is 4.79 Å². The second-order valence-corrected chi connectivity index (χ2v) is 5.65. The third-order valence-corrected chi connectivity index (χ3v) is 4.49. The van der Waals surface area contributed by atoms with Crippen molar-refractivity contribution in [3.63, 3.8) is 0 Å². The summed E-state index contributed by atoms with van der Waals surface area (Å²) in [5.41, 5.74) is 4.38. The molecule has 1 atom stereocenters. The molecule has 1 aliphatic heterocycles. The van der Waals surface area contributed by atoms with Crippen molar-refractivity contribution in [1.29, 1.82) is 0 Å². The average molecular weight is 298 g/mol. The molecule has 1 amide bonds. The molecule has 0 fully saturated rings. The molecule has 0 aliphatic carbocycles. The van der Waals surface area contributed by atoms with Gasteiger partial charge in [-0.15, -0.1) is 0 Å². The summed E-state index contributed by atoms with van der Waals surface area (Å²) in [4.78, 5) is 13.9. The molecular formula is C18H16ClNO. The molecule has 2 aromatic carbocycles. The molecule has 2 aromatic rings. The third-order valence-electron chi connectivity index (χ3n) is 3.97. The third kappa shape index (κ3) is 2.36. The molecule has 106 valence electrons. The lowest BCUT2D eigenvalue weighted by atomic mass is 10.1. The second-order valence-electron chi connectivity index (χ2n) is 5.23. The van der Waals surface area contributed by atoms with Crippen molar-refractivity contribution < 1.29 is 4.79 Å². The van der Waals surface area contributed by atoms with Gasteiger partial charge in [-0.25, -0.2) is 0 Å². The smallest absolute Gasteiger partial charge is 0.255 e. The van der Waals surface area contributed by atoms with Crippen molar-refractivity contribution in [2.45, 2.75) is 19.3 Å². The number of rotatable bonds is 2.